The number of ether oxygens (including phenoxy) is 1. The van der Waals surface area contributed by atoms with Crippen LogP contribution in [-0.2, 0) is 35.1 Å². The van der Waals surface area contributed by atoms with Gasteiger partial charge in [0.2, 0.25) is 5.91 Å². The highest BCUT2D eigenvalue weighted by Crippen LogP contribution is 2.40. The van der Waals surface area contributed by atoms with Gasteiger partial charge in [0.1, 0.15) is 35.9 Å². The number of carboxylic acid groups (broad SMARTS) is 1. The van der Waals surface area contributed by atoms with Crippen molar-refractivity contribution in [1.29, 1.82) is 0 Å². The first-order chi connectivity index (χ1) is 14.3. The Morgan fingerprint density at radius 1 is 1.23 bits per heavy atom. The molecular weight excluding hydrogens is 412 g/mol. The second-order valence-corrected chi connectivity index (χ2v) is 8.02. The highest BCUT2D eigenvalue weighted by Gasteiger charge is 2.54. The lowest BCUT2D eigenvalue weighted by Gasteiger charge is -2.49. The van der Waals surface area contributed by atoms with Crippen LogP contribution in [0.25, 0.3) is 0 Å². The first-order valence-corrected chi connectivity index (χ1v) is 10.2. The van der Waals surface area contributed by atoms with E-state index in [1.807, 2.05) is 18.2 Å². The second kappa shape index (κ2) is 9.12. The van der Waals surface area contributed by atoms with E-state index in [0.717, 1.165) is 10.5 Å². The van der Waals surface area contributed by atoms with Crippen LogP contribution in [0.3, 0.4) is 0 Å². The first kappa shape index (κ1) is 21.6. The molecule has 1 fully saturated rings. The molecule has 1 saturated heterocycles. The summed E-state index contributed by atoms with van der Waals surface area (Å²) in [5.41, 5.74) is 0.826. The molecule has 3 rings (SSSR count). The van der Waals surface area contributed by atoms with E-state index in [1.165, 1.54) is 18.7 Å². The maximum atomic E-state index is 12.6. The minimum Gasteiger partial charge on any atom is -0.477 e. The fraction of sp³-hybridized carbons (Fsp3) is 0.350. The molecule has 10 heteroatoms. The summed E-state index contributed by atoms with van der Waals surface area (Å²) in [5, 5.41) is 11.7. The number of benzene rings is 1. The van der Waals surface area contributed by atoms with Gasteiger partial charge in [0, 0.05) is 11.3 Å². The van der Waals surface area contributed by atoms with Crippen LogP contribution < -0.4 is 5.32 Å². The number of aliphatic carboxylic acids is 1. The molecule has 2 amide bonds. The monoisotopic (exact) mass is 432 g/mol. The smallest absolute Gasteiger partial charge is 0.352 e. The van der Waals surface area contributed by atoms with Gasteiger partial charge in [-0.1, -0.05) is 30.3 Å². The molecule has 9 nitrogen and oxygen atoms in total. The zero-order valence-electron chi connectivity index (χ0n) is 16.1. The minimum absolute atomic E-state index is 0.112. The number of hydrogen-bond acceptors (Lipinski definition) is 7. The number of fused-ring (bicyclic) bond motifs is 1. The van der Waals surface area contributed by atoms with Crippen molar-refractivity contribution in [3.63, 3.8) is 0 Å². The van der Waals surface area contributed by atoms with Gasteiger partial charge in [-0.05, 0) is 12.5 Å². The Bertz CT molecular complexity index is 928. The van der Waals surface area contributed by atoms with Crippen molar-refractivity contribution >= 4 is 41.3 Å². The number of hydrogen-bond donors (Lipinski definition) is 2. The standard InChI is InChI=1S/C20H20N2O7S/c1-11(23)7-15(25)29-9-13-10-30-19-16(18(26)22(19)17(13)20(27)28)21-14(24)8-12-5-3-2-4-6-12/h2-6,16,19H,7-10H2,1H3,(H,21,24)(H,27,28)/t16-,19+/m1/s1. The van der Waals surface area contributed by atoms with Crippen LogP contribution >= 0.6 is 11.8 Å². The van der Waals surface area contributed by atoms with Crippen molar-refractivity contribution in [2.75, 3.05) is 12.4 Å². The van der Waals surface area contributed by atoms with Gasteiger partial charge in [0.15, 0.2) is 0 Å². The molecule has 2 aliphatic heterocycles. The SMILES string of the molecule is CC(=O)CC(=O)OCC1=C(C(=O)O)N2C(=O)[C@@H](NC(=O)Cc3ccccc3)[C@@H]2SC1. The van der Waals surface area contributed by atoms with Crippen LogP contribution in [0.4, 0.5) is 0 Å². The molecule has 2 N–H and O–H groups in total. The fourth-order valence-electron chi connectivity index (χ4n) is 3.22. The minimum atomic E-state index is -1.32. The highest BCUT2D eigenvalue weighted by molar-refractivity contribution is 8.00. The highest BCUT2D eigenvalue weighted by atomic mass is 32.2. The molecule has 2 heterocycles. The van der Waals surface area contributed by atoms with Crippen LogP contribution in [0.5, 0.6) is 0 Å². The average molecular weight is 432 g/mol. The maximum absolute atomic E-state index is 12.6. The van der Waals surface area contributed by atoms with E-state index in [-0.39, 0.29) is 41.7 Å². The summed E-state index contributed by atoms with van der Waals surface area (Å²) in [6.07, 6.45) is -0.287. The van der Waals surface area contributed by atoms with Crippen LogP contribution in [0, 0.1) is 0 Å². The van der Waals surface area contributed by atoms with Crippen molar-refractivity contribution in [3.05, 3.63) is 47.2 Å². The zero-order valence-corrected chi connectivity index (χ0v) is 16.9. The number of carbonyl (C=O) groups is 5. The Balaban J connectivity index is 1.65. The molecule has 2 aliphatic rings. The Morgan fingerprint density at radius 3 is 2.57 bits per heavy atom. The molecule has 0 bridgehead atoms. The molecule has 2 atom stereocenters. The van der Waals surface area contributed by atoms with Crippen molar-refractivity contribution in [3.8, 4) is 0 Å². The van der Waals surface area contributed by atoms with Crippen LogP contribution in [0.1, 0.15) is 18.9 Å². The molecule has 158 valence electrons. The number of esters is 1. The number of rotatable bonds is 8. The van der Waals surface area contributed by atoms with Crippen LogP contribution in [-0.4, -0.2) is 63.3 Å². The Kier molecular flexibility index (Phi) is 6.56. The van der Waals surface area contributed by atoms with Crippen LogP contribution in [0.15, 0.2) is 41.6 Å². The van der Waals surface area contributed by atoms with Crippen molar-refractivity contribution < 1.29 is 33.8 Å². The zero-order chi connectivity index (χ0) is 21.8. The molecule has 0 radical (unpaired) electrons. The Hall–Kier alpha value is -3.14. The van der Waals surface area contributed by atoms with Gasteiger partial charge >= 0.3 is 11.9 Å². The maximum Gasteiger partial charge on any atom is 0.352 e. The van der Waals surface area contributed by atoms with E-state index in [9.17, 15) is 29.1 Å². The normalized spacial score (nSPS) is 20.2. The molecule has 0 saturated carbocycles. The third-order valence-electron chi connectivity index (χ3n) is 4.57. The van der Waals surface area contributed by atoms with E-state index in [2.05, 4.69) is 5.32 Å². The molecule has 0 unspecified atom stereocenters. The van der Waals surface area contributed by atoms with E-state index >= 15 is 0 Å². The lowest BCUT2D eigenvalue weighted by Crippen LogP contribution is -2.70. The number of carbonyl (C=O) groups excluding carboxylic acids is 4. The number of carboxylic acids is 1. The van der Waals surface area contributed by atoms with Gasteiger partial charge < -0.3 is 15.2 Å². The van der Waals surface area contributed by atoms with E-state index in [4.69, 9.17) is 4.74 Å². The summed E-state index contributed by atoms with van der Waals surface area (Å²) in [5.74, 6) is -3.08. The number of ketones is 1. The number of Topliss-reactive ketones (excluding diaryl/α,β-unsaturated/α-hetero) is 1. The number of amides is 2. The van der Waals surface area contributed by atoms with Gasteiger partial charge in [-0.25, -0.2) is 4.79 Å². The van der Waals surface area contributed by atoms with Crippen molar-refractivity contribution in [1.82, 2.24) is 10.2 Å². The predicted octanol–water partition coefficient (Wildman–Crippen LogP) is 0.490. The molecule has 0 aromatic heterocycles. The summed E-state index contributed by atoms with van der Waals surface area (Å²) >= 11 is 1.28. The molecule has 30 heavy (non-hydrogen) atoms. The van der Waals surface area contributed by atoms with Crippen LogP contribution in [0.2, 0.25) is 0 Å². The summed E-state index contributed by atoms with van der Waals surface area (Å²) in [6.45, 7) is 0.928. The molecular formula is C20H20N2O7S. The summed E-state index contributed by atoms with van der Waals surface area (Å²) in [4.78, 5) is 60.2. The Morgan fingerprint density at radius 2 is 1.93 bits per heavy atom. The molecule has 1 aromatic carbocycles. The lowest BCUT2D eigenvalue weighted by atomic mass is 10.0. The number of nitrogens with zero attached hydrogens (tertiary/aromatic N) is 1. The summed E-state index contributed by atoms with van der Waals surface area (Å²) in [6, 6.07) is 8.24. The van der Waals surface area contributed by atoms with Gasteiger partial charge in [0.05, 0.1) is 6.42 Å². The molecule has 0 spiro atoms. The summed E-state index contributed by atoms with van der Waals surface area (Å²) < 4.78 is 4.97. The molecule has 1 aromatic rings. The van der Waals surface area contributed by atoms with Gasteiger partial charge in [-0.3, -0.25) is 24.1 Å². The Labute approximate surface area is 176 Å². The number of nitrogens with one attached hydrogen (secondary N) is 1. The quantitative estimate of drug-likeness (QED) is 0.345. The number of thioether (sulfide) groups is 1. The van der Waals surface area contributed by atoms with E-state index in [1.54, 1.807) is 12.1 Å². The van der Waals surface area contributed by atoms with Crippen molar-refractivity contribution in [2.24, 2.45) is 0 Å². The third-order valence-corrected chi connectivity index (χ3v) is 5.91. The third kappa shape index (κ3) is 4.70. The topological polar surface area (TPSA) is 130 Å². The van der Waals surface area contributed by atoms with Crippen molar-refractivity contribution in [2.45, 2.75) is 31.2 Å². The van der Waals surface area contributed by atoms with Gasteiger partial charge in [-0.15, -0.1) is 11.8 Å². The summed E-state index contributed by atoms with van der Waals surface area (Å²) in [7, 11) is 0. The van der Waals surface area contributed by atoms with Gasteiger partial charge in [-0.2, -0.15) is 0 Å². The second-order valence-electron chi connectivity index (χ2n) is 6.91. The first-order valence-electron chi connectivity index (χ1n) is 9.16. The lowest BCUT2D eigenvalue weighted by molar-refractivity contribution is -0.151. The number of β-lactam (4-membered cyclic amide) rings is 1. The molecule has 0 aliphatic carbocycles. The van der Waals surface area contributed by atoms with Gasteiger partial charge in [0.25, 0.3) is 5.91 Å². The van der Waals surface area contributed by atoms with E-state index < -0.39 is 35.7 Å². The largest absolute Gasteiger partial charge is 0.477 e. The average Bonchev–Trinajstić information content (AvgIpc) is 2.69. The van der Waals surface area contributed by atoms with E-state index in [0.29, 0.717) is 0 Å². The predicted molar refractivity (Wildman–Crippen MR) is 106 cm³/mol. The fourth-order valence-corrected chi connectivity index (χ4v) is 4.55.